The van der Waals surface area contributed by atoms with Crippen molar-refractivity contribution in [2.45, 2.75) is 6.54 Å². The zero-order valence-electron chi connectivity index (χ0n) is 7.16. The van der Waals surface area contributed by atoms with E-state index in [0.29, 0.717) is 12.1 Å². The number of carbonyl (C=O) groups excluding carboxylic acids is 1. The van der Waals surface area contributed by atoms with Gasteiger partial charge in [0.1, 0.15) is 5.75 Å². The first kappa shape index (κ1) is 9.32. The second kappa shape index (κ2) is 4.30. The van der Waals surface area contributed by atoms with Gasteiger partial charge in [0.15, 0.2) is 0 Å². The number of phenols is 1. The van der Waals surface area contributed by atoms with Crippen LogP contribution in [0.5, 0.6) is 5.75 Å². The van der Waals surface area contributed by atoms with Crippen LogP contribution in [0.4, 0.5) is 0 Å². The highest BCUT2D eigenvalue weighted by molar-refractivity contribution is 5.86. The monoisotopic (exact) mass is 177 g/mol. The number of amides is 1. The highest BCUT2D eigenvalue weighted by Crippen LogP contribution is 2.14. The lowest BCUT2D eigenvalue weighted by Gasteiger charge is -2.03. The Morgan fingerprint density at radius 1 is 1.54 bits per heavy atom. The smallest absolute Gasteiger partial charge is 0.243 e. The second-order valence-corrected chi connectivity index (χ2v) is 2.55. The summed E-state index contributed by atoms with van der Waals surface area (Å²) in [5.41, 5.74) is 0.692. The van der Waals surface area contributed by atoms with Crippen LogP contribution in [0.3, 0.4) is 0 Å². The molecule has 1 rings (SSSR count). The molecule has 0 unspecified atom stereocenters. The van der Waals surface area contributed by atoms with Crippen LogP contribution in [0, 0.1) is 0 Å². The van der Waals surface area contributed by atoms with Crippen LogP contribution < -0.4 is 5.32 Å². The molecular weight excluding hydrogens is 166 g/mol. The molecular formula is C10H11NO2. The fourth-order valence-corrected chi connectivity index (χ4v) is 0.915. The summed E-state index contributed by atoms with van der Waals surface area (Å²) in [5.74, 6) is -0.0601. The maximum absolute atomic E-state index is 10.8. The van der Waals surface area contributed by atoms with E-state index in [2.05, 4.69) is 11.9 Å². The van der Waals surface area contributed by atoms with Crippen molar-refractivity contribution in [1.82, 2.24) is 5.32 Å². The summed E-state index contributed by atoms with van der Waals surface area (Å²) in [5, 5.41) is 11.9. The molecule has 0 aliphatic heterocycles. The van der Waals surface area contributed by atoms with Crippen molar-refractivity contribution < 1.29 is 9.90 Å². The van der Waals surface area contributed by atoms with Gasteiger partial charge in [-0.1, -0.05) is 24.8 Å². The van der Waals surface area contributed by atoms with Gasteiger partial charge in [0.05, 0.1) is 0 Å². The first-order valence-corrected chi connectivity index (χ1v) is 3.91. The van der Waals surface area contributed by atoms with E-state index in [1.807, 2.05) is 0 Å². The van der Waals surface area contributed by atoms with Crippen molar-refractivity contribution >= 4 is 5.91 Å². The van der Waals surface area contributed by atoms with Crippen LogP contribution in [0.2, 0.25) is 0 Å². The molecule has 0 aromatic heterocycles. The molecule has 0 aliphatic rings. The number of hydrogen-bond acceptors (Lipinski definition) is 2. The molecule has 13 heavy (non-hydrogen) atoms. The molecule has 0 fully saturated rings. The van der Waals surface area contributed by atoms with Gasteiger partial charge in [0.25, 0.3) is 0 Å². The van der Waals surface area contributed by atoms with Crippen molar-refractivity contribution in [3.05, 3.63) is 42.5 Å². The van der Waals surface area contributed by atoms with E-state index < -0.39 is 0 Å². The first-order chi connectivity index (χ1) is 6.24. The van der Waals surface area contributed by atoms with Crippen LogP contribution in [0.25, 0.3) is 0 Å². The van der Waals surface area contributed by atoms with E-state index in [4.69, 9.17) is 0 Å². The summed E-state index contributed by atoms with van der Waals surface area (Å²) >= 11 is 0. The average molecular weight is 177 g/mol. The SMILES string of the molecule is C=CC(=O)NCc1ccccc1O. The predicted molar refractivity (Wildman–Crippen MR) is 50.2 cm³/mol. The Bertz CT molecular complexity index is 320. The standard InChI is InChI=1S/C10H11NO2/c1-2-10(13)11-7-8-5-3-4-6-9(8)12/h2-6,12H,1,7H2,(H,11,13). The molecule has 0 radical (unpaired) electrons. The molecule has 0 atom stereocenters. The Morgan fingerprint density at radius 3 is 2.85 bits per heavy atom. The number of carbonyl (C=O) groups is 1. The van der Waals surface area contributed by atoms with Gasteiger partial charge in [-0.05, 0) is 12.1 Å². The number of phenolic OH excluding ortho intramolecular Hbond substituents is 1. The predicted octanol–water partition coefficient (Wildman–Crippen LogP) is 1.19. The maximum atomic E-state index is 10.8. The lowest BCUT2D eigenvalue weighted by Crippen LogP contribution is -2.19. The summed E-state index contributed by atoms with van der Waals surface area (Å²) < 4.78 is 0. The van der Waals surface area contributed by atoms with Gasteiger partial charge in [0, 0.05) is 12.1 Å². The van der Waals surface area contributed by atoms with Crippen molar-refractivity contribution in [1.29, 1.82) is 0 Å². The molecule has 68 valence electrons. The van der Waals surface area contributed by atoms with Crippen molar-refractivity contribution in [2.24, 2.45) is 0 Å². The number of aromatic hydroxyl groups is 1. The zero-order chi connectivity index (χ0) is 9.68. The van der Waals surface area contributed by atoms with Gasteiger partial charge in [-0.3, -0.25) is 4.79 Å². The molecule has 0 heterocycles. The molecule has 1 aromatic rings. The van der Waals surface area contributed by atoms with Crippen LogP contribution >= 0.6 is 0 Å². The van der Waals surface area contributed by atoms with Crippen molar-refractivity contribution in [2.75, 3.05) is 0 Å². The van der Waals surface area contributed by atoms with Crippen LogP contribution in [0.15, 0.2) is 36.9 Å². The Morgan fingerprint density at radius 2 is 2.23 bits per heavy atom. The number of hydrogen-bond donors (Lipinski definition) is 2. The van der Waals surface area contributed by atoms with Crippen LogP contribution in [0.1, 0.15) is 5.56 Å². The molecule has 0 bridgehead atoms. The van der Waals surface area contributed by atoms with Gasteiger partial charge < -0.3 is 10.4 Å². The van der Waals surface area contributed by atoms with E-state index >= 15 is 0 Å². The van der Waals surface area contributed by atoms with Gasteiger partial charge in [-0.25, -0.2) is 0 Å². The van der Waals surface area contributed by atoms with Crippen LogP contribution in [-0.2, 0) is 11.3 Å². The largest absolute Gasteiger partial charge is 0.508 e. The molecule has 3 heteroatoms. The fraction of sp³-hybridized carbons (Fsp3) is 0.100. The summed E-state index contributed by atoms with van der Waals surface area (Å²) in [6.07, 6.45) is 1.19. The van der Waals surface area contributed by atoms with Crippen molar-refractivity contribution in [3.8, 4) is 5.75 Å². The number of para-hydroxylation sites is 1. The highest BCUT2D eigenvalue weighted by atomic mass is 16.3. The molecule has 3 nitrogen and oxygen atoms in total. The zero-order valence-corrected chi connectivity index (χ0v) is 7.16. The van der Waals surface area contributed by atoms with Crippen LogP contribution in [-0.4, -0.2) is 11.0 Å². The van der Waals surface area contributed by atoms with Crippen molar-refractivity contribution in [3.63, 3.8) is 0 Å². The van der Waals surface area contributed by atoms with Gasteiger partial charge >= 0.3 is 0 Å². The summed E-state index contributed by atoms with van der Waals surface area (Å²) in [7, 11) is 0. The topological polar surface area (TPSA) is 49.3 Å². The molecule has 2 N–H and O–H groups in total. The number of rotatable bonds is 3. The fourth-order valence-electron chi connectivity index (χ4n) is 0.915. The maximum Gasteiger partial charge on any atom is 0.243 e. The third-order valence-corrected chi connectivity index (χ3v) is 1.63. The first-order valence-electron chi connectivity index (χ1n) is 3.91. The second-order valence-electron chi connectivity index (χ2n) is 2.55. The summed E-state index contributed by atoms with van der Waals surface area (Å²) in [6, 6.07) is 6.86. The van der Waals surface area contributed by atoms with E-state index in [-0.39, 0.29) is 11.7 Å². The average Bonchev–Trinajstić information content (AvgIpc) is 2.16. The minimum absolute atomic E-state index is 0.187. The Balaban J connectivity index is 2.59. The Hall–Kier alpha value is -1.77. The normalized spacial score (nSPS) is 9.23. The summed E-state index contributed by atoms with van der Waals surface area (Å²) in [4.78, 5) is 10.8. The molecule has 0 saturated carbocycles. The Labute approximate surface area is 76.7 Å². The minimum atomic E-state index is -0.247. The van der Waals surface area contributed by atoms with Gasteiger partial charge in [0.2, 0.25) is 5.91 Å². The number of nitrogens with one attached hydrogen (secondary N) is 1. The lowest BCUT2D eigenvalue weighted by atomic mass is 10.2. The molecule has 1 amide bonds. The van der Waals surface area contributed by atoms with E-state index in [0.717, 1.165) is 0 Å². The van der Waals surface area contributed by atoms with Gasteiger partial charge in [-0.15, -0.1) is 0 Å². The third-order valence-electron chi connectivity index (χ3n) is 1.63. The quantitative estimate of drug-likeness (QED) is 0.681. The molecule has 0 aliphatic carbocycles. The third kappa shape index (κ3) is 2.63. The molecule has 1 aromatic carbocycles. The van der Waals surface area contributed by atoms with E-state index in [1.165, 1.54) is 6.08 Å². The highest BCUT2D eigenvalue weighted by Gasteiger charge is 1.99. The van der Waals surface area contributed by atoms with E-state index in [1.54, 1.807) is 24.3 Å². The van der Waals surface area contributed by atoms with E-state index in [9.17, 15) is 9.90 Å². The molecule has 0 spiro atoms. The minimum Gasteiger partial charge on any atom is -0.508 e. The molecule has 0 saturated heterocycles. The number of benzene rings is 1. The lowest BCUT2D eigenvalue weighted by molar-refractivity contribution is -0.116. The van der Waals surface area contributed by atoms with Gasteiger partial charge in [-0.2, -0.15) is 0 Å². The summed E-state index contributed by atoms with van der Waals surface area (Å²) in [6.45, 7) is 3.64. The Kier molecular flexibility index (Phi) is 3.09.